The molecule has 1 amide bonds. The lowest BCUT2D eigenvalue weighted by molar-refractivity contribution is -0.143. The van der Waals surface area contributed by atoms with Crippen LogP contribution in [-0.4, -0.2) is 29.7 Å². The maximum Gasteiger partial charge on any atom is 0.516 e. The van der Waals surface area contributed by atoms with Gasteiger partial charge in [0.15, 0.2) is 0 Å². The van der Waals surface area contributed by atoms with Crippen molar-refractivity contribution in [3.63, 3.8) is 0 Å². The summed E-state index contributed by atoms with van der Waals surface area (Å²) < 4.78 is 9.50. The van der Waals surface area contributed by atoms with E-state index in [1.165, 1.54) is 5.01 Å². The SMILES string of the molecule is CC(C)(C)OC(=O)OC(=O)CC1C(=O)NCc2ccccc2N1N. The van der Waals surface area contributed by atoms with Gasteiger partial charge in [-0.15, -0.1) is 0 Å². The highest BCUT2D eigenvalue weighted by atomic mass is 16.7. The van der Waals surface area contributed by atoms with Crippen molar-refractivity contribution < 1.29 is 23.9 Å². The van der Waals surface area contributed by atoms with Gasteiger partial charge in [-0.05, 0) is 32.4 Å². The van der Waals surface area contributed by atoms with Crippen LogP contribution in [0.4, 0.5) is 10.5 Å². The molecule has 0 saturated carbocycles. The maximum absolute atomic E-state index is 12.2. The number of esters is 1. The maximum atomic E-state index is 12.2. The molecule has 1 aliphatic rings. The van der Waals surface area contributed by atoms with Gasteiger partial charge < -0.3 is 14.8 Å². The third kappa shape index (κ3) is 4.45. The van der Waals surface area contributed by atoms with Crippen molar-refractivity contribution in [1.82, 2.24) is 5.32 Å². The number of nitrogens with one attached hydrogen (secondary N) is 1. The summed E-state index contributed by atoms with van der Waals surface area (Å²) in [5.41, 5.74) is 0.679. The summed E-state index contributed by atoms with van der Waals surface area (Å²) in [6, 6.07) is 6.21. The lowest BCUT2D eigenvalue weighted by Crippen LogP contribution is -2.50. The first kappa shape index (κ1) is 17.7. The van der Waals surface area contributed by atoms with E-state index in [-0.39, 0.29) is 6.42 Å². The first-order valence-corrected chi connectivity index (χ1v) is 7.50. The Morgan fingerprint density at radius 3 is 2.67 bits per heavy atom. The highest BCUT2D eigenvalue weighted by Gasteiger charge is 2.32. The Morgan fingerprint density at radius 2 is 2.00 bits per heavy atom. The van der Waals surface area contributed by atoms with Crippen molar-refractivity contribution in [2.45, 2.75) is 45.4 Å². The van der Waals surface area contributed by atoms with E-state index in [0.717, 1.165) is 5.56 Å². The third-order valence-electron chi connectivity index (χ3n) is 3.31. The summed E-state index contributed by atoms with van der Waals surface area (Å²) in [6.45, 7) is 5.25. The van der Waals surface area contributed by atoms with Crippen molar-refractivity contribution in [3.8, 4) is 0 Å². The van der Waals surface area contributed by atoms with Crippen LogP contribution >= 0.6 is 0 Å². The molecule has 0 radical (unpaired) electrons. The summed E-state index contributed by atoms with van der Waals surface area (Å²) in [7, 11) is 0. The Labute approximate surface area is 139 Å². The van der Waals surface area contributed by atoms with Gasteiger partial charge in [-0.2, -0.15) is 0 Å². The third-order valence-corrected chi connectivity index (χ3v) is 3.31. The van der Waals surface area contributed by atoms with Gasteiger partial charge in [0.25, 0.3) is 0 Å². The molecule has 1 aliphatic heterocycles. The summed E-state index contributed by atoms with van der Waals surface area (Å²) in [4.78, 5) is 35.7. The number of hydrogen-bond donors (Lipinski definition) is 2. The Morgan fingerprint density at radius 1 is 1.33 bits per heavy atom. The van der Waals surface area contributed by atoms with Crippen molar-refractivity contribution in [3.05, 3.63) is 29.8 Å². The van der Waals surface area contributed by atoms with Crippen LogP contribution in [0.3, 0.4) is 0 Å². The lowest BCUT2D eigenvalue weighted by Gasteiger charge is -2.26. The predicted molar refractivity (Wildman–Crippen MR) is 85.7 cm³/mol. The van der Waals surface area contributed by atoms with E-state index in [4.69, 9.17) is 10.6 Å². The molecule has 0 spiro atoms. The Kier molecular flexibility index (Phi) is 5.08. The van der Waals surface area contributed by atoms with Gasteiger partial charge in [-0.3, -0.25) is 14.6 Å². The monoisotopic (exact) mass is 335 g/mol. The fourth-order valence-corrected chi connectivity index (χ4v) is 2.26. The quantitative estimate of drug-likeness (QED) is 0.475. The van der Waals surface area contributed by atoms with Crippen LogP contribution < -0.4 is 16.2 Å². The number of hydrazine groups is 1. The van der Waals surface area contributed by atoms with Gasteiger partial charge in [0.05, 0.1) is 12.1 Å². The highest BCUT2D eigenvalue weighted by molar-refractivity contribution is 5.92. The Hall–Kier alpha value is -2.61. The summed E-state index contributed by atoms with van der Waals surface area (Å²) in [5.74, 6) is 4.70. The van der Waals surface area contributed by atoms with Crippen molar-refractivity contribution >= 4 is 23.7 Å². The number of fused-ring (bicyclic) bond motifs is 1. The zero-order chi connectivity index (χ0) is 17.9. The van der Waals surface area contributed by atoms with Crippen molar-refractivity contribution in [2.24, 2.45) is 5.84 Å². The number of rotatable bonds is 2. The second-order valence-corrected chi connectivity index (χ2v) is 6.41. The second kappa shape index (κ2) is 6.88. The van der Waals surface area contributed by atoms with Gasteiger partial charge in [0, 0.05) is 6.54 Å². The second-order valence-electron chi connectivity index (χ2n) is 6.41. The Bertz CT molecular complexity index is 653. The predicted octanol–water partition coefficient (Wildman–Crippen LogP) is 1.23. The minimum absolute atomic E-state index is 0.306. The minimum Gasteiger partial charge on any atom is -0.428 e. The van der Waals surface area contributed by atoms with Crippen LogP contribution in [-0.2, 0) is 25.6 Å². The van der Waals surface area contributed by atoms with Crippen LogP contribution in [0.25, 0.3) is 0 Å². The molecule has 1 unspecified atom stereocenters. The van der Waals surface area contributed by atoms with Gasteiger partial charge in [-0.1, -0.05) is 18.2 Å². The summed E-state index contributed by atoms with van der Waals surface area (Å²) in [6.07, 6.45) is -1.49. The summed E-state index contributed by atoms with van der Waals surface area (Å²) >= 11 is 0. The molecular formula is C16H21N3O5. The molecule has 130 valence electrons. The molecular weight excluding hydrogens is 314 g/mol. The van der Waals surface area contributed by atoms with Crippen LogP contribution in [0.15, 0.2) is 24.3 Å². The highest BCUT2D eigenvalue weighted by Crippen LogP contribution is 2.23. The fraction of sp³-hybridized carbons (Fsp3) is 0.438. The smallest absolute Gasteiger partial charge is 0.428 e. The first-order chi connectivity index (χ1) is 11.2. The topological polar surface area (TPSA) is 111 Å². The summed E-state index contributed by atoms with van der Waals surface area (Å²) in [5, 5.41) is 3.91. The number of amides is 1. The van der Waals surface area contributed by atoms with Crippen LogP contribution in [0.2, 0.25) is 0 Å². The average Bonchev–Trinajstić information content (AvgIpc) is 2.58. The first-order valence-electron chi connectivity index (χ1n) is 7.50. The van der Waals surface area contributed by atoms with Crippen LogP contribution in [0.1, 0.15) is 32.8 Å². The zero-order valence-electron chi connectivity index (χ0n) is 13.9. The van der Waals surface area contributed by atoms with Gasteiger partial charge >= 0.3 is 12.1 Å². The molecule has 1 aromatic carbocycles. The number of anilines is 1. The number of carbonyl (C=O) groups is 3. The lowest BCUT2D eigenvalue weighted by atomic mass is 10.1. The molecule has 24 heavy (non-hydrogen) atoms. The van der Waals surface area contributed by atoms with Crippen LogP contribution in [0, 0.1) is 0 Å². The van der Waals surface area contributed by atoms with E-state index in [1.54, 1.807) is 32.9 Å². The number of carbonyl (C=O) groups excluding carboxylic acids is 3. The number of nitrogens with two attached hydrogens (primary N) is 1. The van der Waals surface area contributed by atoms with Crippen molar-refractivity contribution in [2.75, 3.05) is 5.01 Å². The molecule has 0 aliphatic carbocycles. The van der Waals surface area contributed by atoms with E-state index in [2.05, 4.69) is 10.1 Å². The number of hydrogen-bond acceptors (Lipinski definition) is 7. The number of benzene rings is 1. The van der Waals surface area contributed by atoms with E-state index in [9.17, 15) is 14.4 Å². The normalized spacial score (nSPS) is 17.4. The average molecular weight is 335 g/mol. The Balaban J connectivity index is 2.06. The largest absolute Gasteiger partial charge is 0.516 e. The molecule has 0 bridgehead atoms. The van der Waals surface area contributed by atoms with Gasteiger partial charge in [0.2, 0.25) is 5.91 Å². The van der Waals surface area contributed by atoms with Gasteiger partial charge in [-0.25, -0.2) is 10.6 Å². The molecule has 0 fully saturated rings. The van der Waals surface area contributed by atoms with E-state index >= 15 is 0 Å². The standard InChI is InChI=1S/C16H21N3O5/c1-16(2,3)24-15(22)23-13(20)8-12-14(21)18-9-10-6-4-5-7-11(10)19(12)17/h4-7,12H,8-9,17H2,1-3H3,(H,18,21). The van der Waals surface area contributed by atoms with Crippen LogP contribution in [0.5, 0.6) is 0 Å². The molecule has 0 aromatic heterocycles. The fourth-order valence-electron chi connectivity index (χ4n) is 2.26. The number of ether oxygens (including phenoxy) is 2. The molecule has 1 heterocycles. The molecule has 8 nitrogen and oxygen atoms in total. The van der Waals surface area contributed by atoms with Gasteiger partial charge in [0.1, 0.15) is 11.6 Å². The molecule has 2 rings (SSSR count). The number of nitrogens with zero attached hydrogens (tertiary/aromatic N) is 1. The van der Waals surface area contributed by atoms with E-state index in [0.29, 0.717) is 12.2 Å². The molecule has 1 atom stereocenters. The molecule has 1 aromatic rings. The number of para-hydroxylation sites is 1. The van der Waals surface area contributed by atoms with E-state index in [1.807, 2.05) is 12.1 Å². The van der Waals surface area contributed by atoms with E-state index < -0.39 is 29.7 Å². The molecule has 3 N–H and O–H groups in total. The molecule has 0 saturated heterocycles. The molecule has 8 heteroatoms. The zero-order valence-corrected chi connectivity index (χ0v) is 13.9. The van der Waals surface area contributed by atoms with Crippen molar-refractivity contribution in [1.29, 1.82) is 0 Å². The minimum atomic E-state index is -1.11.